The van der Waals surface area contributed by atoms with Crippen LogP contribution in [0.1, 0.15) is 23.7 Å². The highest BCUT2D eigenvalue weighted by Crippen LogP contribution is 2.31. The fraction of sp³-hybridized carbons (Fsp3) is 0.421. The highest BCUT2D eigenvalue weighted by Gasteiger charge is 2.22. The maximum Gasteiger partial charge on any atom is 0.241 e. The number of hydrogen-bond donors (Lipinski definition) is 2. The Morgan fingerprint density at radius 3 is 2.93 bits per heavy atom. The van der Waals surface area contributed by atoms with E-state index in [9.17, 15) is 4.79 Å². The van der Waals surface area contributed by atoms with Gasteiger partial charge in [-0.2, -0.15) is 5.10 Å². The Balaban J connectivity index is 1.74. The highest BCUT2D eigenvalue weighted by atomic mass is 16.5. The van der Waals surface area contributed by atoms with E-state index in [2.05, 4.69) is 20.7 Å². The Kier molecular flexibility index (Phi) is 5.95. The molecule has 0 aliphatic carbocycles. The number of aryl methyl sites for hydroxylation is 1. The minimum Gasteiger partial charge on any atom is -0.493 e. The van der Waals surface area contributed by atoms with Crippen LogP contribution in [0, 0.1) is 0 Å². The van der Waals surface area contributed by atoms with Crippen LogP contribution in [0.25, 0.3) is 0 Å². The van der Waals surface area contributed by atoms with Gasteiger partial charge in [-0.25, -0.2) is 4.99 Å². The molecule has 0 bridgehead atoms. The molecular weight excluding hydrogens is 344 g/mol. The summed E-state index contributed by atoms with van der Waals surface area (Å²) < 4.78 is 7.47. The fourth-order valence-corrected chi connectivity index (χ4v) is 2.83. The molecule has 1 aliphatic rings. The molecule has 3 rings (SSSR count). The van der Waals surface area contributed by atoms with Crippen LogP contribution >= 0.6 is 0 Å². The summed E-state index contributed by atoms with van der Waals surface area (Å²) in [6.45, 7) is 1.24. The lowest BCUT2D eigenvalue weighted by Crippen LogP contribution is -2.45. The zero-order chi connectivity index (χ0) is 19.2. The number of guanidine groups is 1. The molecule has 144 valence electrons. The van der Waals surface area contributed by atoms with Crippen LogP contribution in [0.4, 0.5) is 0 Å². The van der Waals surface area contributed by atoms with E-state index in [4.69, 9.17) is 4.74 Å². The molecule has 2 aromatic rings. The van der Waals surface area contributed by atoms with Crippen molar-refractivity contribution in [3.63, 3.8) is 0 Å². The number of aliphatic imine (C=N–C) groups is 1. The minimum atomic E-state index is -0.0188. The Bertz CT molecular complexity index is 814. The zero-order valence-electron chi connectivity index (χ0n) is 16.0. The van der Waals surface area contributed by atoms with Gasteiger partial charge in [0.1, 0.15) is 5.75 Å². The maximum atomic E-state index is 12.0. The first-order valence-corrected chi connectivity index (χ1v) is 8.98. The van der Waals surface area contributed by atoms with Crippen LogP contribution in [-0.2, 0) is 18.4 Å². The van der Waals surface area contributed by atoms with Gasteiger partial charge in [-0.15, -0.1) is 0 Å². The van der Waals surface area contributed by atoms with Gasteiger partial charge in [0.15, 0.2) is 5.96 Å². The second-order valence-electron chi connectivity index (χ2n) is 6.66. The van der Waals surface area contributed by atoms with Gasteiger partial charge in [0.2, 0.25) is 5.91 Å². The number of carbonyl (C=O) groups is 1. The van der Waals surface area contributed by atoms with Crippen LogP contribution in [0.15, 0.2) is 41.5 Å². The van der Waals surface area contributed by atoms with Crippen LogP contribution in [0.2, 0.25) is 0 Å². The molecule has 1 atom stereocenters. The second-order valence-corrected chi connectivity index (χ2v) is 6.66. The van der Waals surface area contributed by atoms with Gasteiger partial charge < -0.3 is 20.3 Å². The Labute approximate surface area is 159 Å². The summed E-state index contributed by atoms with van der Waals surface area (Å²) in [5.74, 6) is 1.45. The zero-order valence-corrected chi connectivity index (χ0v) is 16.0. The molecule has 2 N–H and O–H groups in total. The molecule has 2 heterocycles. The maximum absolute atomic E-state index is 12.0. The summed E-state index contributed by atoms with van der Waals surface area (Å²) in [6.07, 6.45) is 2.71. The molecule has 1 amide bonds. The minimum absolute atomic E-state index is 0.0188. The molecule has 1 aromatic heterocycles. The molecule has 0 radical (unpaired) electrons. The normalized spacial score (nSPS) is 16.3. The van der Waals surface area contributed by atoms with E-state index in [1.54, 1.807) is 23.7 Å². The van der Waals surface area contributed by atoms with Crippen molar-refractivity contribution >= 4 is 11.9 Å². The van der Waals surface area contributed by atoms with E-state index >= 15 is 0 Å². The molecule has 1 unspecified atom stereocenters. The smallest absolute Gasteiger partial charge is 0.241 e. The van der Waals surface area contributed by atoms with Crippen molar-refractivity contribution in [3.05, 3.63) is 47.8 Å². The third-order valence-electron chi connectivity index (χ3n) is 4.34. The number of amides is 1. The van der Waals surface area contributed by atoms with E-state index in [1.807, 2.05) is 43.6 Å². The molecule has 1 aromatic carbocycles. The van der Waals surface area contributed by atoms with Crippen LogP contribution < -0.4 is 15.4 Å². The Morgan fingerprint density at radius 2 is 2.19 bits per heavy atom. The molecule has 8 heteroatoms. The average molecular weight is 370 g/mol. The fourth-order valence-electron chi connectivity index (χ4n) is 2.83. The van der Waals surface area contributed by atoms with E-state index < -0.39 is 0 Å². The topological polar surface area (TPSA) is 83.8 Å². The Morgan fingerprint density at radius 1 is 1.37 bits per heavy atom. The lowest BCUT2D eigenvalue weighted by molar-refractivity contribution is -0.127. The third kappa shape index (κ3) is 4.99. The quantitative estimate of drug-likeness (QED) is 0.608. The summed E-state index contributed by atoms with van der Waals surface area (Å²) in [7, 11) is 5.34. The summed E-state index contributed by atoms with van der Waals surface area (Å²) in [6, 6.07) is 9.97. The first kappa shape index (κ1) is 18.8. The van der Waals surface area contributed by atoms with E-state index in [1.165, 1.54) is 0 Å². The standard InChI is InChI=1S/C19H26N6O2/c1-24(2)18(26)13-21-19(20-12-14-8-10-25(3)23-14)22-16-9-11-27-17-7-5-4-6-15(16)17/h4-8,10,16H,9,11-13H2,1-3H3,(H2,20,21,22). The number of hydrogen-bond acceptors (Lipinski definition) is 4. The predicted molar refractivity (Wildman–Crippen MR) is 103 cm³/mol. The van der Waals surface area contributed by atoms with Crippen molar-refractivity contribution in [1.29, 1.82) is 0 Å². The van der Waals surface area contributed by atoms with Crippen molar-refractivity contribution in [2.75, 3.05) is 27.2 Å². The van der Waals surface area contributed by atoms with Gasteiger partial charge in [0.05, 0.1) is 31.4 Å². The number of fused-ring (bicyclic) bond motifs is 1. The van der Waals surface area contributed by atoms with Gasteiger partial charge in [-0.1, -0.05) is 18.2 Å². The summed E-state index contributed by atoms with van der Waals surface area (Å²) in [5, 5.41) is 10.9. The number of para-hydroxylation sites is 1. The second kappa shape index (κ2) is 8.57. The number of ether oxygens (including phenoxy) is 1. The summed E-state index contributed by atoms with van der Waals surface area (Å²) in [4.78, 5) is 18.1. The average Bonchev–Trinajstić information content (AvgIpc) is 3.09. The number of likely N-dealkylation sites (N-methyl/N-ethyl adjacent to an activating group) is 1. The molecule has 27 heavy (non-hydrogen) atoms. The van der Waals surface area contributed by atoms with Crippen LogP contribution in [0.3, 0.4) is 0 Å². The molecule has 0 fully saturated rings. The van der Waals surface area contributed by atoms with Gasteiger partial charge in [-0.3, -0.25) is 9.48 Å². The number of benzene rings is 1. The number of nitrogens with one attached hydrogen (secondary N) is 2. The summed E-state index contributed by atoms with van der Waals surface area (Å²) in [5.41, 5.74) is 1.96. The van der Waals surface area contributed by atoms with E-state index in [0.717, 1.165) is 23.4 Å². The first-order chi connectivity index (χ1) is 13.0. The molecule has 0 spiro atoms. The van der Waals surface area contributed by atoms with E-state index in [0.29, 0.717) is 19.1 Å². The number of aromatic nitrogens is 2. The third-order valence-corrected chi connectivity index (χ3v) is 4.34. The lowest BCUT2D eigenvalue weighted by atomic mass is 10.0. The van der Waals surface area contributed by atoms with Crippen molar-refractivity contribution < 1.29 is 9.53 Å². The van der Waals surface area contributed by atoms with Crippen molar-refractivity contribution in [1.82, 2.24) is 25.3 Å². The Hall–Kier alpha value is -3.03. The monoisotopic (exact) mass is 370 g/mol. The molecule has 8 nitrogen and oxygen atoms in total. The first-order valence-electron chi connectivity index (χ1n) is 8.98. The van der Waals surface area contributed by atoms with Crippen molar-refractivity contribution in [2.45, 2.75) is 19.0 Å². The summed E-state index contributed by atoms with van der Waals surface area (Å²) >= 11 is 0. The van der Waals surface area contributed by atoms with Crippen molar-refractivity contribution in [3.8, 4) is 5.75 Å². The number of rotatable bonds is 5. The van der Waals surface area contributed by atoms with Crippen LogP contribution in [-0.4, -0.2) is 53.8 Å². The SMILES string of the molecule is CN(C)C(=O)CNC(=NCc1ccn(C)n1)NC1CCOc2ccccc21. The van der Waals surface area contributed by atoms with Gasteiger partial charge in [0, 0.05) is 39.3 Å². The lowest BCUT2D eigenvalue weighted by Gasteiger charge is -2.28. The largest absolute Gasteiger partial charge is 0.493 e. The van der Waals surface area contributed by atoms with Gasteiger partial charge in [0.25, 0.3) is 0 Å². The number of carbonyl (C=O) groups excluding carboxylic acids is 1. The molecular formula is C19H26N6O2. The van der Waals surface area contributed by atoms with Crippen LogP contribution in [0.5, 0.6) is 5.75 Å². The van der Waals surface area contributed by atoms with Crippen molar-refractivity contribution in [2.24, 2.45) is 12.0 Å². The van der Waals surface area contributed by atoms with Gasteiger partial charge >= 0.3 is 0 Å². The number of nitrogens with zero attached hydrogens (tertiary/aromatic N) is 4. The highest BCUT2D eigenvalue weighted by molar-refractivity contribution is 5.86. The molecule has 0 saturated carbocycles. The molecule has 0 saturated heterocycles. The van der Waals surface area contributed by atoms with Gasteiger partial charge in [-0.05, 0) is 12.1 Å². The predicted octanol–water partition coefficient (Wildman–Crippen LogP) is 1.07. The van der Waals surface area contributed by atoms with E-state index in [-0.39, 0.29) is 18.5 Å². The molecule has 1 aliphatic heterocycles.